The van der Waals surface area contributed by atoms with Crippen molar-refractivity contribution in [1.29, 1.82) is 0 Å². The predicted octanol–water partition coefficient (Wildman–Crippen LogP) is 1.05. The number of aliphatic carboxylic acids is 1. The Morgan fingerprint density at radius 1 is 1.52 bits per heavy atom. The molecule has 0 bridgehead atoms. The standard InChI is InChI=1S/C11H12N2O6S2/c1-7-8(13(16)17)3-2-4-10(7)21(18,19)12-6-20-5-9(12)11(14)15/h2-4,9H,5-6H2,1H3,(H,14,15). The second kappa shape index (κ2) is 5.62. The summed E-state index contributed by atoms with van der Waals surface area (Å²) >= 11 is 1.19. The zero-order valence-corrected chi connectivity index (χ0v) is 12.6. The average Bonchev–Trinajstić information content (AvgIpc) is 2.88. The molecule has 1 N–H and O–H groups in total. The molecular formula is C11H12N2O6S2. The fraction of sp³-hybridized carbons (Fsp3) is 0.364. The third kappa shape index (κ3) is 2.74. The molecule has 1 heterocycles. The van der Waals surface area contributed by atoms with Crippen LogP contribution in [0.3, 0.4) is 0 Å². The summed E-state index contributed by atoms with van der Waals surface area (Å²) in [7, 11) is -4.09. The summed E-state index contributed by atoms with van der Waals surface area (Å²) in [5.41, 5.74) is -0.307. The van der Waals surface area contributed by atoms with Crippen LogP contribution in [0.1, 0.15) is 5.56 Å². The maximum Gasteiger partial charge on any atom is 0.322 e. The van der Waals surface area contributed by atoms with Crippen LogP contribution in [0.25, 0.3) is 0 Å². The van der Waals surface area contributed by atoms with Crippen molar-refractivity contribution in [3.63, 3.8) is 0 Å². The molecule has 0 radical (unpaired) electrons. The van der Waals surface area contributed by atoms with Crippen molar-refractivity contribution < 1.29 is 23.2 Å². The Morgan fingerprint density at radius 2 is 2.19 bits per heavy atom. The van der Waals surface area contributed by atoms with Gasteiger partial charge in [0.25, 0.3) is 5.69 Å². The van der Waals surface area contributed by atoms with Crippen LogP contribution >= 0.6 is 11.8 Å². The largest absolute Gasteiger partial charge is 0.480 e. The van der Waals surface area contributed by atoms with Gasteiger partial charge < -0.3 is 5.11 Å². The van der Waals surface area contributed by atoms with Crippen LogP contribution in [0.15, 0.2) is 23.1 Å². The van der Waals surface area contributed by atoms with Gasteiger partial charge >= 0.3 is 5.97 Å². The maximum absolute atomic E-state index is 12.6. The van der Waals surface area contributed by atoms with E-state index >= 15 is 0 Å². The lowest BCUT2D eigenvalue weighted by Crippen LogP contribution is -2.41. The number of benzene rings is 1. The van der Waals surface area contributed by atoms with E-state index in [2.05, 4.69) is 0 Å². The summed E-state index contributed by atoms with van der Waals surface area (Å²) in [5.74, 6) is -1.06. The van der Waals surface area contributed by atoms with E-state index in [9.17, 15) is 23.3 Å². The Balaban J connectivity index is 2.52. The first-order valence-electron chi connectivity index (χ1n) is 5.83. The monoisotopic (exact) mass is 332 g/mol. The molecule has 114 valence electrons. The molecule has 1 aromatic rings. The van der Waals surface area contributed by atoms with E-state index in [1.165, 1.54) is 36.9 Å². The van der Waals surface area contributed by atoms with Gasteiger partial charge in [-0.2, -0.15) is 4.31 Å². The topological polar surface area (TPSA) is 118 Å². The molecular weight excluding hydrogens is 320 g/mol. The number of nitro groups is 1. The number of hydrogen-bond donors (Lipinski definition) is 1. The minimum atomic E-state index is -4.09. The van der Waals surface area contributed by atoms with Crippen molar-refractivity contribution >= 4 is 33.4 Å². The molecule has 2 rings (SSSR count). The molecule has 1 aliphatic heterocycles. The molecule has 1 saturated heterocycles. The minimum absolute atomic E-state index is 0.00328. The predicted molar refractivity (Wildman–Crippen MR) is 75.6 cm³/mol. The number of carbonyl (C=O) groups is 1. The van der Waals surface area contributed by atoms with Crippen LogP contribution in [0.5, 0.6) is 0 Å². The van der Waals surface area contributed by atoms with Gasteiger partial charge in [-0.1, -0.05) is 6.07 Å². The van der Waals surface area contributed by atoms with Crippen LogP contribution < -0.4 is 0 Å². The van der Waals surface area contributed by atoms with Crippen LogP contribution in [-0.4, -0.2) is 46.4 Å². The smallest absolute Gasteiger partial charge is 0.322 e. The number of carboxylic acids is 1. The summed E-state index contributed by atoms with van der Waals surface area (Å²) in [6, 6.07) is 2.58. The van der Waals surface area contributed by atoms with Crippen molar-refractivity contribution in [3.05, 3.63) is 33.9 Å². The number of thioether (sulfide) groups is 1. The van der Waals surface area contributed by atoms with Crippen LogP contribution in [0.2, 0.25) is 0 Å². The molecule has 1 atom stereocenters. The molecule has 1 fully saturated rings. The van der Waals surface area contributed by atoms with E-state index in [0.717, 1.165) is 4.31 Å². The Hall–Kier alpha value is -1.65. The van der Waals surface area contributed by atoms with Gasteiger partial charge in [-0.15, -0.1) is 11.8 Å². The fourth-order valence-corrected chi connectivity index (χ4v) is 5.44. The molecule has 0 aromatic heterocycles. The molecule has 0 aliphatic carbocycles. The highest BCUT2D eigenvalue weighted by atomic mass is 32.2. The van der Waals surface area contributed by atoms with Crippen LogP contribution in [0, 0.1) is 17.0 Å². The molecule has 0 saturated carbocycles. The summed E-state index contributed by atoms with van der Waals surface area (Å²) in [5, 5.41) is 20.0. The first-order valence-corrected chi connectivity index (χ1v) is 8.42. The first-order chi connectivity index (χ1) is 9.76. The number of sulfonamides is 1. The highest BCUT2D eigenvalue weighted by molar-refractivity contribution is 8.00. The lowest BCUT2D eigenvalue weighted by atomic mass is 10.2. The Bertz CT molecular complexity index is 703. The van der Waals surface area contributed by atoms with Gasteiger partial charge in [0.2, 0.25) is 10.0 Å². The summed E-state index contributed by atoms with van der Waals surface area (Å²) in [6.07, 6.45) is 0. The zero-order valence-electron chi connectivity index (χ0n) is 10.9. The summed E-state index contributed by atoms with van der Waals surface area (Å²) in [6.45, 7) is 1.34. The van der Waals surface area contributed by atoms with Crippen molar-refractivity contribution in [3.8, 4) is 0 Å². The SMILES string of the molecule is Cc1c([N+](=O)[O-])cccc1S(=O)(=O)N1CSCC1C(=O)O. The fourth-order valence-electron chi connectivity index (χ4n) is 2.07. The number of carboxylic acid groups (broad SMARTS) is 1. The molecule has 8 nitrogen and oxygen atoms in total. The van der Waals surface area contributed by atoms with E-state index in [1.807, 2.05) is 0 Å². The van der Waals surface area contributed by atoms with Gasteiger partial charge in [-0.3, -0.25) is 14.9 Å². The Kier molecular flexibility index (Phi) is 4.21. The number of rotatable bonds is 4. The second-order valence-corrected chi connectivity index (χ2v) is 7.26. The zero-order chi connectivity index (χ0) is 15.8. The molecule has 0 amide bonds. The van der Waals surface area contributed by atoms with E-state index < -0.39 is 27.0 Å². The summed E-state index contributed by atoms with van der Waals surface area (Å²) < 4.78 is 26.0. The number of nitro benzene ring substituents is 1. The lowest BCUT2D eigenvalue weighted by molar-refractivity contribution is -0.385. The van der Waals surface area contributed by atoms with Gasteiger partial charge in [0, 0.05) is 17.4 Å². The second-order valence-electron chi connectivity index (χ2n) is 4.40. The molecule has 0 spiro atoms. The number of hydrogen-bond acceptors (Lipinski definition) is 6. The van der Waals surface area contributed by atoms with E-state index in [-0.39, 0.29) is 27.8 Å². The number of nitrogens with zero attached hydrogens (tertiary/aromatic N) is 2. The van der Waals surface area contributed by atoms with Gasteiger partial charge in [0.05, 0.1) is 15.7 Å². The van der Waals surface area contributed by atoms with Crippen LogP contribution in [0.4, 0.5) is 5.69 Å². The third-order valence-electron chi connectivity index (χ3n) is 3.17. The molecule has 10 heteroatoms. The first kappa shape index (κ1) is 15.7. The van der Waals surface area contributed by atoms with E-state index in [0.29, 0.717) is 0 Å². The molecule has 1 unspecified atom stereocenters. The van der Waals surface area contributed by atoms with Gasteiger partial charge in [0.1, 0.15) is 6.04 Å². The highest BCUT2D eigenvalue weighted by Gasteiger charge is 2.41. The Labute approximate surface area is 125 Å². The quantitative estimate of drug-likeness (QED) is 0.646. The molecule has 1 aliphatic rings. The van der Waals surface area contributed by atoms with E-state index in [4.69, 9.17) is 5.11 Å². The van der Waals surface area contributed by atoms with Gasteiger partial charge in [0.15, 0.2) is 0 Å². The lowest BCUT2D eigenvalue weighted by Gasteiger charge is -2.20. The average molecular weight is 332 g/mol. The van der Waals surface area contributed by atoms with Crippen molar-refractivity contribution in [2.45, 2.75) is 17.9 Å². The van der Waals surface area contributed by atoms with E-state index in [1.54, 1.807) is 0 Å². The highest BCUT2D eigenvalue weighted by Crippen LogP contribution is 2.32. The van der Waals surface area contributed by atoms with Crippen molar-refractivity contribution in [2.24, 2.45) is 0 Å². The maximum atomic E-state index is 12.6. The van der Waals surface area contributed by atoms with Gasteiger partial charge in [-0.05, 0) is 13.0 Å². The third-order valence-corrected chi connectivity index (χ3v) is 6.34. The van der Waals surface area contributed by atoms with Crippen molar-refractivity contribution in [1.82, 2.24) is 4.31 Å². The summed E-state index contributed by atoms with van der Waals surface area (Å²) in [4.78, 5) is 21.1. The molecule has 1 aromatic carbocycles. The van der Waals surface area contributed by atoms with Gasteiger partial charge in [-0.25, -0.2) is 8.42 Å². The molecule has 21 heavy (non-hydrogen) atoms. The Morgan fingerprint density at radius 3 is 2.76 bits per heavy atom. The normalized spacial score (nSPS) is 19.6. The van der Waals surface area contributed by atoms with Crippen molar-refractivity contribution in [2.75, 3.05) is 11.6 Å². The minimum Gasteiger partial charge on any atom is -0.480 e. The van der Waals surface area contributed by atoms with Crippen LogP contribution in [-0.2, 0) is 14.8 Å².